The Balaban J connectivity index is 1.73. The Bertz CT molecular complexity index is 661. The van der Waals surface area contributed by atoms with Gasteiger partial charge in [0.1, 0.15) is 5.82 Å². The van der Waals surface area contributed by atoms with Crippen LogP contribution >= 0.6 is 0 Å². The van der Waals surface area contributed by atoms with Crippen LogP contribution in [0.2, 0.25) is 0 Å². The highest BCUT2D eigenvalue weighted by molar-refractivity contribution is 5.75. The summed E-state index contributed by atoms with van der Waals surface area (Å²) < 4.78 is 0. The summed E-state index contributed by atoms with van der Waals surface area (Å²) in [5.74, 6) is 1.06. The molecule has 0 N–H and O–H groups in total. The van der Waals surface area contributed by atoms with Gasteiger partial charge in [-0.05, 0) is 44.7 Å². The lowest BCUT2D eigenvalue weighted by Crippen LogP contribution is -2.41. The van der Waals surface area contributed by atoms with Gasteiger partial charge in [0.15, 0.2) is 0 Å². The van der Waals surface area contributed by atoms with Crippen molar-refractivity contribution in [1.29, 1.82) is 0 Å². The maximum Gasteiger partial charge on any atom is 0.148 e. The van der Waals surface area contributed by atoms with E-state index in [9.17, 15) is 0 Å². The van der Waals surface area contributed by atoms with Gasteiger partial charge in [-0.2, -0.15) is 0 Å². The normalized spacial score (nSPS) is 25.2. The number of hydrogen-bond acceptors (Lipinski definition) is 3. The Kier molecular flexibility index (Phi) is 2.72. The number of allylic oxidation sites excluding steroid dienone is 1. The first kappa shape index (κ1) is 11.9. The highest BCUT2D eigenvalue weighted by atomic mass is 15.3. The average molecular weight is 265 g/mol. The van der Waals surface area contributed by atoms with Crippen molar-refractivity contribution in [1.82, 2.24) is 9.97 Å². The predicted octanol–water partition coefficient (Wildman–Crippen LogP) is 3.71. The zero-order chi connectivity index (χ0) is 13.5. The largest absolute Gasteiger partial charge is 0.349 e. The molecule has 3 heteroatoms. The number of nitrogens with zero attached hydrogens (tertiary/aromatic N) is 3. The maximum absolute atomic E-state index is 4.83. The topological polar surface area (TPSA) is 29.0 Å². The fourth-order valence-electron chi connectivity index (χ4n) is 3.73. The number of rotatable bonds is 1. The lowest BCUT2D eigenvalue weighted by molar-refractivity contribution is 0.543. The third-order valence-electron chi connectivity index (χ3n) is 4.72. The maximum atomic E-state index is 4.83. The molecule has 0 spiro atoms. The molecule has 2 fully saturated rings. The van der Waals surface area contributed by atoms with Crippen LogP contribution in [0.5, 0.6) is 0 Å². The molecule has 0 saturated carbocycles. The third kappa shape index (κ3) is 1.80. The summed E-state index contributed by atoms with van der Waals surface area (Å²) in [6.45, 7) is 2.17. The van der Waals surface area contributed by atoms with Crippen molar-refractivity contribution < 1.29 is 0 Å². The van der Waals surface area contributed by atoms with Gasteiger partial charge < -0.3 is 4.90 Å². The van der Waals surface area contributed by atoms with Crippen molar-refractivity contribution in [2.45, 2.75) is 44.7 Å². The molecular weight excluding hydrogens is 246 g/mol. The van der Waals surface area contributed by atoms with Crippen LogP contribution in [0.3, 0.4) is 0 Å². The van der Waals surface area contributed by atoms with Crippen LogP contribution in [0, 0.1) is 0 Å². The summed E-state index contributed by atoms with van der Waals surface area (Å²) in [5, 5.41) is 0. The fourth-order valence-corrected chi connectivity index (χ4v) is 3.73. The molecule has 0 amide bonds. The quantitative estimate of drug-likeness (QED) is 0.736. The molecule has 2 aromatic rings. The first-order valence-corrected chi connectivity index (χ1v) is 7.49. The molecule has 0 radical (unpaired) electrons. The third-order valence-corrected chi connectivity index (χ3v) is 4.72. The second-order valence-corrected chi connectivity index (χ2v) is 5.86. The standard InChI is InChI=1S/C17H19N3/c1-2-12-9-13-7-8-14(10-12)20(13)17-11-18-15-5-3-4-6-16(15)19-17/h2-6,11,13-14H,7-10H2,1H3. The van der Waals surface area contributed by atoms with E-state index < -0.39 is 0 Å². The van der Waals surface area contributed by atoms with Gasteiger partial charge in [0.05, 0.1) is 17.2 Å². The molecule has 2 bridgehead atoms. The molecule has 2 aliphatic heterocycles. The van der Waals surface area contributed by atoms with Crippen LogP contribution in [-0.2, 0) is 0 Å². The predicted molar refractivity (Wildman–Crippen MR) is 81.8 cm³/mol. The Labute approximate surface area is 119 Å². The summed E-state index contributed by atoms with van der Waals surface area (Å²) in [5.41, 5.74) is 3.60. The fraction of sp³-hybridized carbons (Fsp3) is 0.412. The minimum absolute atomic E-state index is 0.621. The Morgan fingerprint density at radius 1 is 1.10 bits per heavy atom. The van der Waals surface area contributed by atoms with E-state index >= 15 is 0 Å². The first-order chi connectivity index (χ1) is 9.85. The lowest BCUT2D eigenvalue weighted by atomic mass is 9.97. The Morgan fingerprint density at radius 3 is 2.50 bits per heavy atom. The molecule has 2 atom stereocenters. The van der Waals surface area contributed by atoms with Crippen molar-refractivity contribution in [2.75, 3.05) is 4.90 Å². The molecule has 4 rings (SSSR count). The minimum Gasteiger partial charge on any atom is -0.349 e. The van der Waals surface area contributed by atoms with Crippen molar-refractivity contribution in [3.63, 3.8) is 0 Å². The molecule has 1 aromatic heterocycles. The Hall–Kier alpha value is -1.90. The van der Waals surface area contributed by atoms with Gasteiger partial charge in [-0.15, -0.1) is 0 Å². The van der Waals surface area contributed by atoms with E-state index in [1.165, 1.54) is 25.7 Å². The summed E-state index contributed by atoms with van der Waals surface area (Å²) in [7, 11) is 0. The van der Waals surface area contributed by atoms with Crippen LogP contribution in [-0.4, -0.2) is 22.1 Å². The molecule has 2 saturated heterocycles. The van der Waals surface area contributed by atoms with Crippen molar-refractivity contribution >= 4 is 16.9 Å². The number of para-hydroxylation sites is 2. The summed E-state index contributed by atoms with van der Waals surface area (Å²) in [6, 6.07) is 9.36. The van der Waals surface area contributed by atoms with Gasteiger partial charge in [-0.1, -0.05) is 23.8 Å². The van der Waals surface area contributed by atoms with E-state index in [1.807, 2.05) is 24.4 Å². The molecule has 3 nitrogen and oxygen atoms in total. The number of aromatic nitrogens is 2. The number of anilines is 1. The molecule has 0 aliphatic carbocycles. The molecule has 3 heterocycles. The molecular formula is C17H19N3. The van der Waals surface area contributed by atoms with E-state index in [0.29, 0.717) is 12.1 Å². The van der Waals surface area contributed by atoms with E-state index in [0.717, 1.165) is 16.9 Å². The molecule has 1 aromatic carbocycles. The van der Waals surface area contributed by atoms with E-state index in [4.69, 9.17) is 4.98 Å². The second-order valence-electron chi connectivity index (χ2n) is 5.86. The van der Waals surface area contributed by atoms with Gasteiger partial charge in [0.2, 0.25) is 0 Å². The van der Waals surface area contributed by atoms with Crippen molar-refractivity contribution in [3.05, 3.63) is 42.1 Å². The molecule has 2 unspecified atom stereocenters. The van der Waals surface area contributed by atoms with Crippen LogP contribution in [0.15, 0.2) is 42.1 Å². The molecule has 20 heavy (non-hydrogen) atoms. The van der Waals surface area contributed by atoms with Crippen LogP contribution in [0.1, 0.15) is 32.6 Å². The van der Waals surface area contributed by atoms with Crippen molar-refractivity contribution in [2.24, 2.45) is 0 Å². The summed E-state index contributed by atoms with van der Waals surface area (Å²) in [4.78, 5) is 11.9. The van der Waals surface area contributed by atoms with Crippen LogP contribution in [0.4, 0.5) is 5.82 Å². The first-order valence-electron chi connectivity index (χ1n) is 7.49. The van der Waals surface area contributed by atoms with E-state index in [1.54, 1.807) is 5.57 Å². The monoisotopic (exact) mass is 265 g/mol. The smallest absolute Gasteiger partial charge is 0.148 e. The number of fused-ring (bicyclic) bond motifs is 3. The molecule has 2 aliphatic rings. The SMILES string of the molecule is CC=C1CC2CCC(C1)N2c1cnc2ccccc2n1. The summed E-state index contributed by atoms with van der Waals surface area (Å²) >= 11 is 0. The number of hydrogen-bond donors (Lipinski definition) is 0. The van der Waals surface area contributed by atoms with Gasteiger partial charge in [0.25, 0.3) is 0 Å². The number of piperidine rings is 1. The second kappa shape index (κ2) is 4.58. The average Bonchev–Trinajstić information content (AvgIpc) is 2.77. The highest BCUT2D eigenvalue weighted by Gasteiger charge is 2.39. The van der Waals surface area contributed by atoms with Crippen LogP contribution in [0.25, 0.3) is 11.0 Å². The van der Waals surface area contributed by atoms with E-state index in [-0.39, 0.29) is 0 Å². The van der Waals surface area contributed by atoms with Gasteiger partial charge in [-0.3, -0.25) is 4.98 Å². The summed E-state index contributed by atoms with van der Waals surface area (Å²) in [6.07, 6.45) is 9.22. The van der Waals surface area contributed by atoms with E-state index in [2.05, 4.69) is 29.0 Å². The Morgan fingerprint density at radius 2 is 1.80 bits per heavy atom. The lowest BCUT2D eigenvalue weighted by Gasteiger charge is -2.37. The zero-order valence-electron chi connectivity index (χ0n) is 11.8. The van der Waals surface area contributed by atoms with Crippen LogP contribution < -0.4 is 4.90 Å². The van der Waals surface area contributed by atoms with Gasteiger partial charge in [-0.25, -0.2) is 4.98 Å². The molecule has 102 valence electrons. The van der Waals surface area contributed by atoms with Gasteiger partial charge in [0, 0.05) is 12.1 Å². The zero-order valence-corrected chi connectivity index (χ0v) is 11.8. The number of benzene rings is 1. The highest BCUT2D eigenvalue weighted by Crippen LogP contribution is 2.40. The van der Waals surface area contributed by atoms with Crippen molar-refractivity contribution in [3.8, 4) is 0 Å². The van der Waals surface area contributed by atoms with Gasteiger partial charge >= 0.3 is 0 Å². The minimum atomic E-state index is 0.621.